The van der Waals surface area contributed by atoms with Crippen molar-refractivity contribution in [2.45, 2.75) is 57.5 Å². The van der Waals surface area contributed by atoms with Gasteiger partial charge in [0.05, 0.1) is 26.4 Å². The maximum atomic E-state index is 10.4. The van der Waals surface area contributed by atoms with E-state index in [0.29, 0.717) is 25.6 Å². The van der Waals surface area contributed by atoms with Crippen molar-refractivity contribution in [1.82, 2.24) is 0 Å². The summed E-state index contributed by atoms with van der Waals surface area (Å²) in [6.45, 7) is 2.78. The van der Waals surface area contributed by atoms with E-state index < -0.39 is 30.7 Å². The molecule has 0 radical (unpaired) electrons. The lowest BCUT2D eigenvalue weighted by Crippen LogP contribution is -2.62. The van der Waals surface area contributed by atoms with Crippen LogP contribution in [0, 0.1) is 6.92 Å². The Balaban J connectivity index is 1.44. The van der Waals surface area contributed by atoms with Gasteiger partial charge >= 0.3 is 0 Å². The van der Waals surface area contributed by atoms with Crippen LogP contribution in [-0.4, -0.2) is 42.4 Å². The SMILES string of the molecule is Cc1ccc(O[C@H]2OC(CO)[C@@H](OCc3ccccc3)C(OCc3ccccc3)C2OCc2ccccc2)cc1. The van der Waals surface area contributed by atoms with Crippen molar-refractivity contribution < 1.29 is 28.8 Å². The number of aliphatic hydroxyl groups is 1. The maximum Gasteiger partial charge on any atom is 0.229 e. The molecule has 4 aromatic carbocycles. The average molecular weight is 541 g/mol. The number of hydrogen-bond acceptors (Lipinski definition) is 6. The molecule has 40 heavy (non-hydrogen) atoms. The van der Waals surface area contributed by atoms with Gasteiger partial charge in [-0.25, -0.2) is 0 Å². The van der Waals surface area contributed by atoms with Crippen LogP contribution in [0.5, 0.6) is 5.75 Å². The molecule has 4 aromatic rings. The molecular weight excluding hydrogens is 504 g/mol. The van der Waals surface area contributed by atoms with Gasteiger partial charge in [0.2, 0.25) is 6.29 Å². The van der Waals surface area contributed by atoms with Crippen LogP contribution in [0.1, 0.15) is 22.3 Å². The predicted octanol–water partition coefficient (Wildman–Crippen LogP) is 5.85. The molecule has 1 heterocycles. The summed E-state index contributed by atoms with van der Waals surface area (Å²) < 4.78 is 32.2. The van der Waals surface area contributed by atoms with Crippen molar-refractivity contribution in [3.63, 3.8) is 0 Å². The van der Waals surface area contributed by atoms with E-state index in [1.165, 1.54) is 0 Å². The monoisotopic (exact) mass is 540 g/mol. The summed E-state index contributed by atoms with van der Waals surface area (Å²) in [5.74, 6) is 0.645. The minimum absolute atomic E-state index is 0.260. The molecule has 1 aliphatic rings. The van der Waals surface area contributed by atoms with Gasteiger partial charge in [0.1, 0.15) is 30.2 Å². The van der Waals surface area contributed by atoms with Gasteiger partial charge < -0.3 is 28.8 Å². The minimum atomic E-state index is -0.832. The molecule has 0 saturated carbocycles. The number of aryl methyl sites for hydroxylation is 1. The van der Waals surface area contributed by atoms with Crippen LogP contribution < -0.4 is 4.74 Å². The highest BCUT2D eigenvalue weighted by atomic mass is 16.7. The van der Waals surface area contributed by atoms with Crippen LogP contribution in [0.15, 0.2) is 115 Å². The van der Waals surface area contributed by atoms with Crippen molar-refractivity contribution in [2.75, 3.05) is 6.61 Å². The predicted molar refractivity (Wildman–Crippen MR) is 153 cm³/mol. The Morgan fingerprint density at radius 3 is 1.50 bits per heavy atom. The largest absolute Gasteiger partial charge is 0.462 e. The zero-order valence-electron chi connectivity index (χ0n) is 22.7. The zero-order chi connectivity index (χ0) is 27.6. The van der Waals surface area contributed by atoms with Crippen LogP contribution in [0.4, 0.5) is 0 Å². The van der Waals surface area contributed by atoms with Crippen molar-refractivity contribution in [2.24, 2.45) is 0 Å². The molecule has 1 fully saturated rings. The molecule has 5 atom stereocenters. The third-order valence-electron chi connectivity index (χ3n) is 6.90. The molecule has 1 aliphatic heterocycles. The summed E-state index contributed by atoms with van der Waals surface area (Å²) in [6, 6.07) is 37.6. The molecule has 1 N–H and O–H groups in total. The summed E-state index contributed by atoms with van der Waals surface area (Å²) in [5, 5.41) is 10.4. The Labute approximate surface area is 236 Å². The Morgan fingerprint density at radius 1 is 0.575 bits per heavy atom. The fourth-order valence-corrected chi connectivity index (χ4v) is 4.74. The molecule has 3 unspecified atom stereocenters. The molecule has 208 valence electrons. The number of ether oxygens (including phenoxy) is 5. The van der Waals surface area contributed by atoms with Crippen LogP contribution in [0.25, 0.3) is 0 Å². The second-order valence-corrected chi connectivity index (χ2v) is 9.94. The smallest absolute Gasteiger partial charge is 0.229 e. The van der Waals surface area contributed by atoms with Crippen LogP contribution in [0.3, 0.4) is 0 Å². The molecular formula is C34H36O6. The Hall–Kier alpha value is -3.52. The van der Waals surface area contributed by atoms with E-state index in [0.717, 1.165) is 22.3 Å². The summed E-state index contributed by atoms with van der Waals surface area (Å²) in [7, 11) is 0. The van der Waals surface area contributed by atoms with Gasteiger partial charge in [0, 0.05) is 0 Å². The van der Waals surface area contributed by atoms with Crippen molar-refractivity contribution in [1.29, 1.82) is 0 Å². The second kappa shape index (κ2) is 14.2. The first-order valence-corrected chi connectivity index (χ1v) is 13.7. The van der Waals surface area contributed by atoms with Crippen LogP contribution in [-0.2, 0) is 38.8 Å². The third kappa shape index (κ3) is 7.56. The van der Waals surface area contributed by atoms with E-state index in [2.05, 4.69) is 0 Å². The molecule has 6 heteroatoms. The number of rotatable bonds is 12. The lowest BCUT2D eigenvalue weighted by Gasteiger charge is -2.45. The zero-order valence-corrected chi connectivity index (χ0v) is 22.7. The molecule has 0 aliphatic carbocycles. The summed E-state index contributed by atoms with van der Waals surface area (Å²) in [6.07, 6.45) is -3.35. The molecule has 0 aromatic heterocycles. The molecule has 0 bridgehead atoms. The highest BCUT2D eigenvalue weighted by Crippen LogP contribution is 2.32. The average Bonchev–Trinajstić information content (AvgIpc) is 3.01. The number of benzene rings is 4. The van der Waals surface area contributed by atoms with Crippen LogP contribution >= 0.6 is 0 Å². The van der Waals surface area contributed by atoms with E-state index in [4.69, 9.17) is 23.7 Å². The summed E-state index contributed by atoms with van der Waals surface area (Å²) in [4.78, 5) is 0. The van der Waals surface area contributed by atoms with Gasteiger partial charge in [0.15, 0.2) is 0 Å². The van der Waals surface area contributed by atoms with E-state index in [1.807, 2.05) is 122 Å². The molecule has 0 spiro atoms. The van der Waals surface area contributed by atoms with E-state index in [9.17, 15) is 5.11 Å². The van der Waals surface area contributed by atoms with Gasteiger partial charge in [-0.05, 0) is 35.7 Å². The van der Waals surface area contributed by atoms with Gasteiger partial charge in [-0.15, -0.1) is 0 Å². The van der Waals surface area contributed by atoms with Gasteiger partial charge in [-0.1, -0.05) is 109 Å². The number of hydrogen-bond donors (Lipinski definition) is 1. The highest BCUT2D eigenvalue weighted by Gasteiger charge is 2.49. The Bertz CT molecular complexity index is 1270. The third-order valence-corrected chi connectivity index (χ3v) is 6.90. The first-order valence-electron chi connectivity index (χ1n) is 13.7. The fourth-order valence-electron chi connectivity index (χ4n) is 4.74. The standard InChI is InChI=1S/C34H36O6/c1-25-17-19-29(20-18-25)39-34-33(38-24-28-15-9-4-10-16-28)32(37-23-27-13-7-3-8-14-27)31(30(21-35)40-34)36-22-26-11-5-2-6-12-26/h2-20,30-35H,21-24H2,1H3/t30?,31-,32?,33?,34+/m1/s1. The van der Waals surface area contributed by atoms with Gasteiger partial charge in [0.25, 0.3) is 0 Å². The topological polar surface area (TPSA) is 66.4 Å². The lowest BCUT2D eigenvalue weighted by molar-refractivity contribution is -0.308. The van der Waals surface area contributed by atoms with Gasteiger partial charge in [-0.3, -0.25) is 0 Å². The molecule has 6 nitrogen and oxygen atoms in total. The first-order chi connectivity index (χ1) is 19.7. The normalized spacial score (nSPS) is 22.6. The number of aliphatic hydroxyl groups excluding tert-OH is 1. The van der Waals surface area contributed by atoms with Crippen molar-refractivity contribution >= 4 is 0 Å². The van der Waals surface area contributed by atoms with Crippen LogP contribution in [0.2, 0.25) is 0 Å². The highest BCUT2D eigenvalue weighted by molar-refractivity contribution is 5.26. The van der Waals surface area contributed by atoms with Crippen molar-refractivity contribution in [3.8, 4) is 5.75 Å². The van der Waals surface area contributed by atoms with Gasteiger partial charge in [-0.2, -0.15) is 0 Å². The van der Waals surface area contributed by atoms with E-state index >= 15 is 0 Å². The minimum Gasteiger partial charge on any atom is -0.462 e. The van der Waals surface area contributed by atoms with Crippen molar-refractivity contribution in [3.05, 3.63) is 138 Å². The fraction of sp³-hybridized carbons (Fsp3) is 0.294. The quantitative estimate of drug-likeness (QED) is 0.243. The second-order valence-electron chi connectivity index (χ2n) is 9.94. The maximum absolute atomic E-state index is 10.4. The van der Waals surface area contributed by atoms with E-state index in [-0.39, 0.29) is 6.61 Å². The summed E-state index contributed by atoms with van der Waals surface area (Å²) in [5.41, 5.74) is 4.18. The molecule has 1 saturated heterocycles. The molecule has 5 rings (SSSR count). The Kier molecular flexibility index (Phi) is 9.96. The lowest BCUT2D eigenvalue weighted by atomic mass is 9.97. The first kappa shape index (κ1) is 28.0. The Morgan fingerprint density at radius 2 is 1.02 bits per heavy atom. The van der Waals surface area contributed by atoms with E-state index in [1.54, 1.807) is 0 Å². The summed E-state index contributed by atoms with van der Waals surface area (Å²) >= 11 is 0. The molecule has 0 amide bonds.